The van der Waals surface area contributed by atoms with Crippen LogP contribution in [-0.2, 0) is 13.0 Å². The summed E-state index contributed by atoms with van der Waals surface area (Å²) in [5.74, 6) is 0.810. The van der Waals surface area contributed by atoms with E-state index in [1.54, 1.807) is 22.7 Å². The lowest BCUT2D eigenvalue weighted by molar-refractivity contribution is 0.614. The molecule has 11 heteroatoms. The molecule has 0 aliphatic carbocycles. The van der Waals surface area contributed by atoms with Gasteiger partial charge in [0, 0.05) is 22.7 Å². The van der Waals surface area contributed by atoms with Crippen molar-refractivity contribution in [2.75, 3.05) is 16.8 Å². The molecular weight excluding hydrogens is 411 g/mol. The van der Waals surface area contributed by atoms with Gasteiger partial charge in [0.2, 0.25) is 5.95 Å². The first-order valence-electron chi connectivity index (χ1n) is 9.02. The molecule has 0 atom stereocenters. The molecule has 4 aromatic rings. The summed E-state index contributed by atoms with van der Waals surface area (Å²) in [7, 11) is 0. The fourth-order valence-corrected chi connectivity index (χ4v) is 5.26. The molecule has 29 heavy (non-hydrogen) atoms. The topological polar surface area (TPSA) is 95.5 Å². The summed E-state index contributed by atoms with van der Waals surface area (Å²) < 4.78 is 13.0. The summed E-state index contributed by atoms with van der Waals surface area (Å²) in [6.45, 7) is 5.72. The van der Waals surface area contributed by atoms with Gasteiger partial charge in [-0.25, -0.2) is 24.3 Å². The average Bonchev–Trinajstić information content (AvgIpc) is 3.38. The number of hydrogen-bond donors (Lipinski definition) is 2. The van der Waals surface area contributed by atoms with E-state index in [1.807, 2.05) is 13.1 Å². The molecule has 0 spiro atoms. The lowest BCUT2D eigenvalue weighted by Crippen LogP contribution is -2.24. The number of aromatic nitrogens is 6. The van der Waals surface area contributed by atoms with Gasteiger partial charge in [-0.1, -0.05) is 0 Å². The number of hydrogen-bond acceptors (Lipinski definition) is 9. The molecule has 4 aromatic heterocycles. The minimum absolute atomic E-state index is 0.320. The lowest BCUT2D eigenvalue weighted by Gasteiger charge is -2.21. The SMILES string of the molecule is Cc1nc(C)c(CN2CCc3sc(Nc4ncc(F)cn4)nc3-c3cn[nH]c32)s1. The van der Waals surface area contributed by atoms with Gasteiger partial charge in [0.25, 0.3) is 0 Å². The fourth-order valence-electron chi connectivity index (χ4n) is 3.35. The second kappa shape index (κ2) is 7.16. The van der Waals surface area contributed by atoms with Crippen LogP contribution in [0.5, 0.6) is 0 Å². The first-order valence-corrected chi connectivity index (χ1v) is 10.7. The van der Waals surface area contributed by atoms with Crippen LogP contribution in [0.2, 0.25) is 0 Å². The van der Waals surface area contributed by atoms with Crippen molar-refractivity contribution in [2.45, 2.75) is 26.8 Å². The van der Waals surface area contributed by atoms with E-state index in [2.05, 4.69) is 42.3 Å². The molecule has 0 saturated carbocycles. The van der Waals surface area contributed by atoms with E-state index in [0.717, 1.165) is 64.6 Å². The summed E-state index contributed by atoms with van der Waals surface area (Å²) in [5, 5.41) is 12.2. The quantitative estimate of drug-likeness (QED) is 0.510. The molecule has 1 aliphatic rings. The number of anilines is 3. The Balaban J connectivity index is 1.44. The Morgan fingerprint density at radius 2 is 2.00 bits per heavy atom. The number of aromatic amines is 1. The van der Waals surface area contributed by atoms with Crippen LogP contribution in [0.25, 0.3) is 11.3 Å². The highest BCUT2D eigenvalue weighted by molar-refractivity contribution is 7.16. The Labute approximate surface area is 173 Å². The van der Waals surface area contributed by atoms with Crippen LogP contribution in [0, 0.1) is 19.7 Å². The molecule has 1 aliphatic heterocycles. The highest BCUT2D eigenvalue weighted by atomic mass is 32.1. The van der Waals surface area contributed by atoms with Crippen molar-refractivity contribution < 1.29 is 4.39 Å². The van der Waals surface area contributed by atoms with Crippen molar-refractivity contribution in [2.24, 2.45) is 0 Å². The third-order valence-corrected chi connectivity index (χ3v) is 6.76. The van der Waals surface area contributed by atoms with Crippen LogP contribution in [0.3, 0.4) is 0 Å². The van der Waals surface area contributed by atoms with Crippen molar-refractivity contribution in [1.29, 1.82) is 0 Å². The zero-order valence-electron chi connectivity index (χ0n) is 15.7. The van der Waals surface area contributed by atoms with E-state index in [4.69, 9.17) is 4.98 Å². The first kappa shape index (κ1) is 18.1. The van der Waals surface area contributed by atoms with Gasteiger partial charge in [-0.05, 0) is 13.8 Å². The van der Waals surface area contributed by atoms with Crippen molar-refractivity contribution in [3.63, 3.8) is 0 Å². The number of H-pyrrole nitrogens is 1. The molecular formula is C18H17FN8S2. The van der Waals surface area contributed by atoms with Crippen LogP contribution in [-0.4, -0.2) is 36.7 Å². The van der Waals surface area contributed by atoms with Gasteiger partial charge in [0.15, 0.2) is 10.9 Å². The van der Waals surface area contributed by atoms with E-state index < -0.39 is 5.82 Å². The highest BCUT2D eigenvalue weighted by Crippen LogP contribution is 2.39. The van der Waals surface area contributed by atoms with Crippen molar-refractivity contribution in [3.8, 4) is 11.3 Å². The van der Waals surface area contributed by atoms with Gasteiger partial charge in [-0.2, -0.15) is 5.10 Å². The van der Waals surface area contributed by atoms with Crippen LogP contribution < -0.4 is 10.2 Å². The summed E-state index contributed by atoms with van der Waals surface area (Å²) in [6, 6.07) is 0. The number of rotatable bonds is 4. The largest absolute Gasteiger partial charge is 0.351 e. The van der Waals surface area contributed by atoms with Gasteiger partial charge in [0.1, 0.15) is 5.82 Å². The number of halogens is 1. The number of aryl methyl sites for hydroxylation is 2. The molecule has 0 aromatic carbocycles. The molecule has 2 N–H and O–H groups in total. The molecule has 5 heterocycles. The molecule has 8 nitrogen and oxygen atoms in total. The molecule has 0 bridgehead atoms. The molecule has 148 valence electrons. The predicted octanol–water partition coefficient (Wildman–Crippen LogP) is 3.84. The second-order valence-electron chi connectivity index (χ2n) is 6.69. The number of fused-ring (bicyclic) bond motifs is 3. The Kier molecular flexibility index (Phi) is 4.47. The van der Waals surface area contributed by atoms with Gasteiger partial charge >= 0.3 is 0 Å². The van der Waals surface area contributed by atoms with E-state index in [1.165, 1.54) is 4.88 Å². The zero-order valence-corrected chi connectivity index (χ0v) is 17.4. The van der Waals surface area contributed by atoms with Gasteiger partial charge in [-0.15, -0.1) is 22.7 Å². The first-order chi connectivity index (χ1) is 14.1. The Morgan fingerprint density at radius 1 is 1.17 bits per heavy atom. The molecule has 0 amide bonds. The second-order valence-corrected chi connectivity index (χ2v) is 9.06. The monoisotopic (exact) mass is 428 g/mol. The summed E-state index contributed by atoms with van der Waals surface area (Å²) in [6.07, 6.45) is 4.93. The van der Waals surface area contributed by atoms with Crippen LogP contribution in [0.15, 0.2) is 18.6 Å². The maximum atomic E-state index is 13.0. The van der Waals surface area contributed by atoms with Crippen LogP contribution in [0.4, 0.5) is 21.3 Å². The smallest absolute Gasteiger partial charge is 0.229 e. The van der Waals surface area contributed by atoms with Gasteiger partial charge in [0.05, 0.1) is 47.1 Å². The normalized spacial score (nSPS) is 13.1. The van der Waals surface area contributed by atoms with Gasteiger partial charge < -0.3 is 10.2 Å². The van der Waals surface area contributed by atoms with E-state index in [-0.39, 0.29) is 0 Å². The predicted molar refractivity (Wildman–Crippen MR) is 111 cm³/mol. The average molecular weight is 429 g/mol. The fraction of sp³-hybridized carbons (Fsp3) is 0.278. The molecule has 0 unspecified atom stereocenters. The number of thiazole rings is 2. The standard InChI is InChI=1S/C18H17FN8S2/c1-9-14(28-10(2)23-9)8-27-4-3-13-15(12-7-22-26-16(12)27)24-18(29-13)25-17-20-5-11(19)6-21-17/h5-7H,3-4,8H2,1-2H3,(H,22,26)(H,20,21,24,25). The van der Waals surface area contributed by atoms with Crippen molar-refractivity contribution in [3.05, 3.63) is 44.9 Å². The maximum absolute atomic E-state index is 13.0. The number of nitrogens with zero attached hydrogens (tertiary/aromatic N) is 6. The summed E-state index contributed by atoms with van der Waals surface area (Å²) in [5.41, 5.74) is 2.96. The number of nitrogens with one attached hydrogen (secondary N) is 2. The van der Waals surface area contributed by atoms with E-state index in [0.29, 0.717) is 11.1 Å². The summed E-state index contributed by atoms with van der Waals surface area (Å²) >= 11 is 3.29. The molecule has 0 fully saturated rings. The Hall–Kier alpha value is -2.92. The zero-order chi connectivity index (χ0) is 20.0. The van der Waals surface area contributed by atoms with E-state index >= 15 is 0 Å². The minimum atomic E-state index is -0.472. The van der Waals surface area contributed by atoms with Crippen molar-refractivity contribution in [1.82, 2.24) is 30.1 Å². The molecule has 5 rings (SSSR count). The van der Waals surface area contributed by atoms with E-state index in [9.17, 15) is 4.39 Å². The van der Waals surface area contributed by atoms with Crippen LogP contribution >= 0.6 is 22.7 Å². The molecule has 0 radical (unpaired) electrons. The maximum Gasteiger partial charge on any atom is 0.229 e. The minimum Gasteiger partial charge on any atom is -0.351 e. The van der Waals surface area contributed by atoms with Gasteiger partial charge in [-0.3, -0.25) is 5.10 Å². The lowest BCUT2D eigenvalue weighted by atomic mass is 10.2. The Morgan fingerprint density at radius 3 is 2.76 bits per heavy atom. The van der Waals surface area contributed by atoms with Crippen molar-refractivity contribution >= 4 is 39.6 Å². The molecule has 0 saturated heterocycles. The third kappa shape index (κ3) is 3.47. The highest BCUT2D eigenvalue weighted by Gasteiger charge is 2.26. The Bertz CT molecular complexity index is 1160. The summed E-state index contributed by atoms with van der Waals surface area (Å²) in [4.78, 5) is 21.9. The third-order valence-electron chi connectivity index (χ3n) is 4.67. The van der Waals surface area contributed by atoms with Crippen LogP contribution in [0.1, 0.15) is 20.5 Å².